The Hall–Kier alpha value is -0.770. The molecule has 118 valence electrons. The van der Waals surface area contributed by atoms with Gasteiger partial charge in [-0.3, -0.25) is 4.90 Å². The van der Waals surface area contributed by atoms with Gasteiger partial charge in [-0.25, -0.2) is 0 Å². The molecule has 0 bridgehead atoms. The van der Waals surface area contributed by atoms with Crippen molar-refractivity contribution < 1.29 is 4.74 Å². The van der Waals surface area contributed by atoms with Crippen LogP contribution in [0.5, 0.6) is 5.75 Å². The first kappa shape index (κ1) is 16.6. The highest BCUT2D eigenvalue weighted by molar-refractivity contribution is 6.31. The van der Waals surface area contributed by atoms with Crippen molar-refractivity contribution in [2.75, 3.05) is 26.7 Å². The van der Waals surface area contributed by atoms with Crippen molar-refractivity contribution in [1.82, 2.24) is 10.2 Å². The van der Waals surface area contributed by atoms with Gasteiger partial charge in [0.15, 0.2) is 0 Å². The predicted octanol–water partition coefficient (Wildman–Crippen LogP) is 3.70. The van der Waals surface area contributed by atoms with Crippen molar-refractivity contribution in [2.45, 2.75) is 45.2 Å². The van der Waals surface area contributed by atoms with Crippen LogP contribution >= 0.6 is 11.6 Å². The van der Waals surface area contributed by atoms with Crippen LogP contribution in [-0.2, 0) is 6.54 Å². The van der Waals surface area contributed by atoms with E-state index in [1.165, 1.54) is 19.3 Å². The number of rotatable bonds is 7. The van der Waals surface area contributed by atoms with Crippen LogP contribution in [0.15, 0.2) is 18.2 Å². The zero-order valence-electron chi connectivity index (χ0n) is 13.2. The summed E-state index contributed by atoms with van der Waals surface area (Å²) in [5.74, 6) is 0.889. The van der Waals surface area contributed by atoms with E-state index in [0.29, 0.717) is 6.04 Å². The third-order valence-corrected chi connectivity index (χ3v) is 4.46. The number of hydrogen-bond donors (Lipinski definition) is 1. The third-order valence-electron chi connectivity index (χ3n) is 4.11. The number of ether oxygens (including phenoxy) is 1. The molecule has 1 aromatic carbocycles. The van der Waals surface area contributed by atoms with Crippen LogP contribution in [0.2, 0.25) is 5.02 Å². The van der Waals surface area contributed by atoms with Crippen LogP contribution in [-0.4, -0.2) is 37.7 Å². The normalized spacial score (nSPS) is 19.0. The van der Waals surface area contributed by atoms with E-state index in [1.54, 1.807) is 7.11 Å². The lowest BCUT2D eigenvalue weighted by atomic mass is 10.0. The molecule has 4 heteroatoms. The van der Waals surface area contributed by atoms with Crippen LogP contribution in [0.25, 0.3) is 0 Å². The molecule has 0 saturated carbocycles. The fourth-order valence-corrected chi connectivity index (χ4v) is 3.28. The van der Waals surface area contributed by atoms with E-state index >= 15 is 0 Å². The first-order valence-corrected chi connectivity index (χ1v) is 8.39. The Morgan fingerprint density at radius 2 is 2.24 bits per heavy atom. The third kappa shape index (κ3) is 4.87. The zero-order valence-corrected chi connectivity index (χ0v) is 14.0. The monoisotopic (exact) mass is 310 g/mol. The van der Waals surface area contributed by atoms with Gasteiger partial charge in [0, 0.05) is 29.7 Å². The van der Waals surface area contributed by atoms with Gasteiger partial charge in [-0.05, 0) is 44.5 Å². The number of hydrogen-bond acceptors (Lipinski definition) is 3. The first-order valence-electron chi connectivity index (χ1n) is 8.01. The van der Waals surface area contributed by atoms with E-state index in [0.717, 1.165) is 48.9 Å². The summed E-state index contributed by atoms with van der Waals surface area (Å²) < 4.78 is 5.47. The molecule has 1 unspecified atom stereocenters. The molecule has 1 atom stereocenters. The van der Waals surface area contributed by atoms with Crippen molar-refractivity contribution in [3.63, 3.8) is 0 Å². The van der Waals surface area contributed by atoms with Gasteiger partial charge < -0.3 is 10.1 Å². The maximum atomic E-state index is 6.37. The summed E-state index contributed by atoms with van der Waals surface area (Å²) in [6.07, 6.45) is 5.08. The predicted molar refractivity (Wildman–Crippen MR) is 89.2 cm³/mol. The van der Waals surface area contributed by atoms with Gasteiger partial charge in [0.1, 0.15) is 5.75 Å². The van der Waals surface area contributed by atoms with E-state index in [4.69, 9.17) is 16.3 Å². The van der Waals surface area contributed by atoms with E-state index in [1.807, 2.05) is 18.2 Å². The molecule has 0 spiro atoms. The zero-order chi connectivity index (χ0) is 15.1. The Bertz CT molecular complexity index is 433. The molecule has 1 saturated heterocycles. The Labute approximate surface area is 133 Å². The van der Waals surface area contributed by atoms with E-state index in [9.17, 15) is 0 Å². The lowest BCUT2D eigenvalue weighted by molar-refractivity contribution is 0.215. The summed E-state index contributed by atoms with van der Waals surface area (Å²) in [6.45, 7) is 6.41. The van der Waals surface area contributed by atoms with Crippen LogP contribution in [0.3, 0.4) is 0 Å². The summed E-state index contributed by atoms with van der Waals surface area (Å²) in [6, 6.07) is 6.49. The molecule has 0 radical (unpaired) electrons. The van der Waals surface area contributed by atoms with Gasteiger partial charge in [0.05, 0.1) is 7.11 Å². The molecule has 1 aliphatic rings. The lowest BCUT2D eigenvalue weighted by Crippen LogP contribution is -2.43. The first-order chi connectivity index (χ1) is 10.2. The quantitative estimate of drug-likeness (QED) is 0.831. The summed E-state index contributed by atoms with van der Waals surface area (Å²) in [5.41, 5.74) is 1.10. The Morgan fingerprint density at radius 3 is 2.90 bits per heavy atom. The Kier molecular flexibility index (Phi) is 6.81. The average Bonchev–Trinajstić information content (AvgIpc) is 2.50. The largest absolute Gasteiger partial charge is 0.496 e. The van der Waals surface area contributed by atoms with E-state index in [2.05, 4.69) is 17.1 Å². The molecule has 0 aliphatic carbocycles. The molecule has 3 nitrogen and oxygen atoms in total. The SMILES string of the molecule is CCCN(Cc1c(Cl)cccc1OC)CC1CCCCN1. The van der Waals surface area contributed by atoms with Crippen molar-refractivity contribution in [3.8, 4) is 5.75 Å². The van der Waals surface area contributed by atoms with Crippen LogP contribution < -0.4 is 10.1 Å². The topological polar surface area (TPSA) is 24.5 Å². The molecular weight excluding hydrogens is 284 g/mol. The molecule has 2 rings (SSSR count). The summed E-state index contributed by atoms with van der Waals surface area (Å²) in [5, 5.41) is 4.43. The van der Waals surface area contributed by atoms with Gasteiger partial charge in [0.25, 0.3) is 0 Å². The summed E-state index contributed by atoms with van der Waals surface area (Å²) in [4.78, 5) is 2.49. The number of methoxy groups -OCH3 is 1. The highest BCUT2D eigenvalue weighted by Crippen LogP contribution is 2.28. The second kappa shape index (κ2) is 8.62. The van der Waals surface area contributed by atoms with Crippen molar-refractivity contribution in [1.29, 1.82) is 0 Å². The number of benzene rings is 1. The number of nitrogens with zero attached hydrogens (tertiary/aromatic N) is 1. The standard InChI is InChI=1S/C17H27ClN2O/c1-3-11-20(12-14-7-4-5-10-19-14)13-15-16(18)8-6-9-17(15)21-2/h6,8-9,14,19H,3-5,7,10-13H2,1-2H3. The van der Waals surface area contributed by atoms with E-state index in [-0.39, 0.29) is 0 Å². The van der Waals surface area contributed by atoms with Crippen molar-refractivity contribution in [2.24, 2.45) is 0 Å². The van der Waals surface area contributed by atoms with Gasteiger partial charge in [0.2, 0.25) is 0 Å². The number of nitrogens with one attached hydrogen (secondary N) is 1. The molecule has 1 aliphatic heterocycles. The van der Waals surface area contributed by atoms with Gasteiger partial charge >= 0.3 is 0 Å². The molecule has 1 aromatic rings. The average molecular weight is 311 g/mol. The van der Waals surface area contributed by atoms with Crippen LogP contribution in [0.4, 0.5) is 0 Å². The molecule has 0 amide bonds. The smallest absolute Gasteiger partial charge is 0.124 e. The molecule has 1 fully saturated rings. The fraction of sp³-hybridized carbons (Fsp3) is 0.647. The molecule has 21 heavy (non-hydrogen) atoms. The minimum Gasteiger partial charge on any atom is -0.496 e. The van der Waals surface area contributed by atoms with Crippen molar-refractivity contribution in [3.05, 3.63) is 28.8 Å². The Balaban J connectivity index is 2.04. The molecule has 1 heterocycles. The van der Waals surface area contributed by atoms with Gasteiger partial charge in [-0.15, -0.1) is 0 Å². The molecule has 1 N–H and O–H groups in total. The lowest BCUT2D eigenvalue weighted by Gasteiger charge is -2.31. The second-order valence-corrected chi connectivity index (χ2v) is 6.21. The van der Waals surface area contributed by atoms with Gasteiger partial charge in [-0.1, -0.05) is 31.0 Å². The van der Waals surface area contributed by atoms with Crippen molar-refractivity contribution >= 4 is 11.6 Å². The number of piperidine rings is 1. The minimum atomic E-state index is 0.610. The maximum absolute atomic E-state index is 6.37. The summed E-state index contributed by atoms with van der Waals surface area (Å²) >= 11 is 6.37. The maximum Gasteiger partial charge on any atom is 0.124 e. The van der Waals surface area contributed by atoms with Crippen LogP contribution in [0, 0.1) is 0 Å². The highest BCUT2D eigenvalue weighted by atomic mass is 35.5. The minimum absolute atomic E-state index is 0.610. The summed E-state index contributed by atoms with van der Waals surface area (Å²) in [7, 11) is 1.71. The molecular formula is C17H27ClN2O. The van der Waals surface area contributed by atoms with E-state index < -0.39 is 0 Å². The van der Waals surface area contributed by atoms with Gasteiger partial charge in [-0.2, -0.15) is 0 Å². The second-order valence-electron chi connectivity index (χ2n) is 5.80. The number of halogens is 1. The Morgan fingerprint density at radius 1 is 1.38 bits per heavy atom. The fourth-order valence-electron chi connectivity index (χ4n) is 3.05. The van der Waals surface area contributed by atoms with Crippen LogP contribution in [0.1, 0.15) is 38.2 Å². The highest BCUT2D eigenvalue weighted by Gasteiger charge is 2.18. The molecule has 0 aromatic heterocycles.